The number of ether oxygens (including phenoxy) is 2. The summed E-state index contributed by atoms with van der Waals surface area (Å²) in [5.41, 5.74) is 4.48. The van der Waals surface area contributed by atoms with Crippen molar-refractivity contribution >= 4 is 22.9 Å². The topological polar surface area (TPSA) is 59.9 Å². The molecule has 1 amide bonds. The van der Waals surface area contributed by atoms with Crippen molar-refractivity contribution < 1.29 is 18.7 Å². The third kappa shape index (κ3) is 4.92. The van der Waals surface area contributed by atoms with Crippen LogP contribution < -0.4 is 14.9 Å². The number of rotatable bonds is 7. The van der Waals surface area contributed by atoms with Crippen LogP contribution in [-0.4, -0.2) is 19.2 Å². The number of para-hydroxylation sites is 1. The molecule has 0 aliphatic heterocycles. The summed E-state index contributed by atoms with van der Waals surface area (Å²) < 4.78 is 24.3. The largest absolute Gasteiger partial charge is 0.496 e. The standard InChI is InChI=1S/C26H21FN2O3/c1-31-25-15-20-7-3-2-6-19(20)14-23(25)26(30)29-28-16-21-8-4-5-9-24(21)32-17-18-10-12-22(27)13-11-18/h2-16H,17H2,1H3,(H,29,30). The quantitative estimate of drug-likeness (QED) is 0.320. The summed E-state index contributed by atoms with van der Waals surface area (Å²) >= 11 is 0. The zero-order valence-electron chi connectivity index (χ0n) is 17.4. The molecule has 0 saturated heterocycles. The predicted octanol–water partition coefficient (Wildman–Crippen LogP) is 5.33. The van der Waals surface area contributed by atoms with Crippen molar-refractivity contribution in [1.82, 2.24) is 5.43 Å². The van der Waals surface area contributed by atoms with E-state index in [0.29, 0.717) is 22.6 Å². The van der Waals surface area contributed by atoms with Gasteiger partial charge in [0.15, 0.2) is 0 Å². The van der Waals surface area contributed by atoms with Gasteiger partial charge < -0.3 is 9.47 Å². The van der Waals surface area contributed by atoms with E-state index in [-0.39, 0.29) is 18.3 Å². The van der Waals surface area contributed by atoms with E-state index in [4.69, 9.17) is 9.47 Å². The van der Waals surface area contributed by atoms with E-state index >= 15 is 0 Å². The highest BCUT2D eigenvalue weighted by atomic mass is 19.1. The van der Waals surface area contributed by atoms with Gasteiger partial charge in [0.05, 0.1) is 18.9 Å². The molecule has 5 nitrogen and oxygen atoms in total. The van der Waals surface area contributed by atoms with Crippen LogP contribution in [0.3, 0.4) is 0 Å². The second-order valence-electron chi connectivity index (χ2n) is 7.05. The number of carbonyl (C=O) groups excluding carboxylic acids is 1. The van der Waals surface area contributed by atoms with Crippen molar-refractivity contribution in [2.75, 3.05) is 7.11 Å². The van der Waals surface area contributed by atoms with Gasteiger partial charge in [0, 0.05) is 5.56 Å². The Morgan fingerprint density at radius 1 is 0.938 bits per heavy atom. The van der Waals surface area contributed by atoms with Crippen molar-refractivity contribution in [3.63, 3.8) is 0 Å². The molecule has 0 aromatic heterocycles. The number of amides is 1. The Labute approximate surface area is 185 Å². The lowest BCUT2D eigenvalue weighted by molar-refractivity contribution is 0.0952. The summed E-state index contributed by atoms with van der Waals surface area (Å²) in [7, 11) is 1.53. The van der Waals surface area contributed by atoms with Crippen LogP contribution in [-0.2, 0) is 6.61 Å². The smallest absolute Gasteiger partial charge is 0.275 e. The molecule has 0 atom stereocenters. The third-order valence-corrected chi connectivity index (χ3v) is 4.91. The number of methoxy groups -OCH3 is 1. The molecule has 0 radical (unpaired) electrons. The van der Waals surface area contributed by atoms with Crippen LogP contribution in [0.4, 0.5) is 4.39 Å². The molecule has 0 unspecified atom stereocenters. The van der Waals surface area contributed by atoms with Crippen molar-refractivity contribution in [1.29, 1.82) is 0 Å². The minimum atomic E-state index is -0.381. The zero-order chi connectivity index (χ0) is 22.3. The van der Waals surface area contributed by atoms with E-state index in [1.165, 1.54) is 25.5 Å². The van der Waals surface area contributed by atoms with Crippen molar-refractivity contribution in [2.45, 2.75) is 6.61 Å². The highest BCUT2D eigenvalue weighted by molar-refractivity contribution is 6.02. The molecular weight excluding hydrogens is 407 g/mol. The van der Waals surface area contributed by atoms with Crippen LogP contribution in [0.1, 0.15) is 21.5 Å². The molecule has 32 heavy (non-hydrogen) atoms. The van der Waals surface area contributed by atoms with Crippen LogP contribution >= 0.6 is 0 Å². The van der Waals surface area contributed by atoms with Gasteiger partial charge in [0.2, 0.25) is 0 Å². The summed E-state index contributed by atoms with van der Waals surface area (Å²) in [5, 5.41) is 6.01. The number of fused-ring (bicyclic) bond motifs is 1. The number of nitrogens with one attached hydrogen (secondary N) is 1. The van der Waals surface area contributed by atoms with Gasteiger partial charge in [-0.1, -0.05) is 48.5 Å². The summed E-state index contributed by atoms with van der Waals surface area (Å²) in [6.45, 7) is 0.284. The van der Waals surface area contributed by atoms with E-state index in [9.17, 15) is 9.18 Å². The maximum Gasteiger partial charge on any atom is 0.275 e. The number of hydrogen-bond acceptors (Lipinski definition) is 4. The summed E-state index contributed by atoms with van der Waals surface area (Å²) in [4.78, 5) is 12.7. The Bertz CT molecular complexity index is 1270. The van der Waals surface area contributed by atoms with Crippen LogP contribution in [0.5, 0.6) is 11.5 Å². The lowest BCUT2D eigenvalue weighted by atomic mass is 10.1. The van der Waals surface area contributed by atoms with E-state index in [1.807, 2.05) is 48.5 Å². The summed E-state index contributed by atoms with van der Waals surface area (Å²) in [6, 6.07) is 24.8. The monoisotopic (exact) mass is 428 g/mol. The Balaban J connectivity index is 1.47. The van der Waals surface area contributed by atoms with Crippen molar-refractivity contribution in [2.24, 2.45) is 5.10 Å². The molecule has 0 spiro atoms. The molecular formula is C26H21FN2O3. The Hall–Kier alpha value is -4.19. The Morgan fingerprint density at radius 3 is 2.38 bits per heavy atom. The fourth-order valence-electron chi connectivity index (χ4n) is 3.25. The van der Waals surface area contributed by atoms with Crippen molar-refractivity contribution in [3.05, 3.63) is 107 Å². The molecule has 0 aliphatic carbocycles. The third-order valence-electron chi connectivity index (χ3n) is 4.91. The van der Waals surface area contributed by atoms with Gasteiger partial charge in [-0.25, -0.2) is 9.82 Å². The summed E-state index contributed by atoms with van der Waals surface area (Å²) in [5.74, 6) is 0.395. The molecule has 4 aromatic rings. The Morgan fingerprint density at radius 2 is 1.62 bits per heavy atom. The number of carbonyl (C=O) groups is 1. The van der Waals surface area contributed by atoms with Gasteiger partial charge in [-0.05, 0) is 52.7 Å². The summed E-state index contributed by atoms with van der Waals surface area (Å²) in [6.07, 6.45) is 1.52. The fraction of sp³-hybridized carbons (Fsp3) is 0.0769. The molecule has 0 saturated carbocycles. The van der Waals surface area contributed by atoms with E-state index < -0.39 is 0 Å². The molecule has 0 fully saturated rings. The minimum absolute atomic E-state index is 0.284. The normalized spacial score (nSPS) is 10.9. The Kier molecular flexibility index (Phi) is 6.41. The molecule has 4 rings (SSSR count). The number of hydrazone groups is 1. The first-order chi connectivity index (χ1) is 15.6. The average Bonchev–Trinajstić information content (AvgIpc) is 2.83. The van der Waals surface area contributed by atoms with Crippen LogP contribution in [0.25, 0.3) is 10.8 Å². The predicted molar refractivity (Wildman–Crippen MR) is 123 cm³/mol. The first-order valence-corrected chi connectivity index (χ1v) is 10.0. The van der Waals surface area contributed by atoms with Gasteiger partial charge in [0.25, 0.3) is 5.91 Å². The van der Waals surface area contributed by atoms with Gasteiger partial charge in [0.1, 0.15) is 23.9 Å². The molecule has 0 heterocycles. The molecule has 1 N–H and O–H groups in total. The minimum Gasteiger partial charge on any atom is -0.496 e. The van der Waals surface area contributed by atoms with E-state index in [1.54, 1.807) is 24.3 Å². The second-order valence-corrected chi connectivity index (χ2v) is 7.05. The van der Waals surface area contributed by atoms with Crippen LogP contribution in [0, 0.1) is 5.82 Å². The van der Waals surface area contributed by atoms with Gasteiger partial charge in [-0.15, -0.1) is 0 Å². The molecule has 0 aliphatic rings. The van der Waals surface area contributed by atoms with Gasteiger partial charge in [-0.3, -0.25) is 4.79 Å². The van der Waals surface area contributed by atoms with Crippen LogP contribution in [0.2, 0.25) is 0 Å². The average molecular weight is 428 g/mol. The lowest BCUT2D eigenvalue weighted by Gasteiger charge is -2.10. The number of hydrogen-bond donors (Lipinski definition) is 1. The maximum atomic E-state index is 13.1. The number of benzene rings is 4. The van der Waals surface area contributed by atoms with Gasteiger partial charge in [-0.2, -0.15) is 5.10 Å². The second kappa shape index (κ2) is 9.75. The maximum absolute atomic E-state index is 13.1. The number of halogens is 1. The lowest BCUT2D eigenvalue weighted by Crippen LogP contribution is -2.18. The first kappa shape index (κ1) is 21.1. The van der Waals surface area contributed by atoms with Crippen LogP contribution in [0.15, 0.2) is 90.0 Å². The first-order valence-electron chi connectivity index (χ1n) is 10.0. The van der Waals surface area contributed by atoms with E-state index in [0.717, 1.165) is 16.3 Å². The molecule has 4 aromatic carbocycles. The number of nitrogens with zero attached hydrogens (tertiary/aromatic N) is 1. The highest BCUT2D eigenvalue weighted by Gasteiger charge is 2.13. The molecule has 0 bridgehead atoms. The van der Waals surface area contributed by atoms with Crippen molar-refractivity contribution in [3.8, 4) is 11.5 Å². The fourth-order valence-corrected chi connectivity index (χ4v) is 3.25. The highest BCUT2D eigenvalue weighted by Crippen LogP contribution is 2.26. The zero-order valence-corrected chi connectivity index (χ0v) is 17.4. The van der Waals surface area contributed by atoms with Gasteiger partial charge >= 0.3 is 0 Å². The SMILES string of the molecule is COc1cc2ccccc2cc1C(=O)NN=Cc1ccccc1OCc1ccc(F)cc1. The molecule has 160 valence electrons. The molecule has 6 heteroatoms. The van der Waals surface area contributed by atoms with E-state index in [2.05, 4.69) is 10.5 Å².